The zero-order chi connectivity index (χ0) is 9.10. The van der Waals surface area contributed by atoms with Gasteiger partial charge in [0.15, 0.2) is 0 Å². The summed E-state index contributed by atoms with van der Waals surface area (Å²) in [5, 5.41) is 0. The number of pyridine rings is 1. The number of nitrogens with zero attached hydrogens (tertiary/aromatic N) is 2. The van der Waals surface area contributed by atoms with Crippen molar-refractivity contribution < 1.29 is 0 Å². The molecule has 0 spiro atoms. The molecule has 0 aromatic carbocycles. The maximum absolute atomic E-state index is 4.18. The Labute approximate surface area is 79.6 Å². The van der Waals surface area contributed by atoms with Gasteiger partial charge in [-0.2, -0.15) is 0 Å². The van der Waals surface area contributed by atoms with Gasteiger partial charge in [0.2, 0.25) is 0 Å². The van der Waals surface area contributed by atoms with E-state index < -0.39 is 0 Å². The van der Waals surface area contributed by atoms with E-state index >= 15 is 0 Å². The first-order valence-electron chi connectivity index (χ1n) is 5.03. The molecule has 1 aliphatic heterocycles. The topological polar surface area (TPSA) is 16.1 Å². The van der Waals surface area contributed by atoms with Crippen LogP contribution in [0, 0.1) is 6.92 Å². The van der Waals surface area contributed by atoms with Crippen molar-refractivity contribution in [2.24, 2.45) is 0 Å². The van der Waals surface area contributed by atoms with Gasteiger partial charge in [-0.15, -0.1) is 0 Å². The van der Waals surface area contributed by atoms with E-state index in [1.807, 2.05) is 12.4 Å². The maximum atomic E-state index is 4.18. The molecular formula is C11H16N2. The Kier molecular flexibility index (Phi) is 2.48. The Morgan fingerprint density at radius 2 is 2.00 bits per heavy atom. The molecule has 0 radical (unpaired) electrons. The lowest BCUT2D eigenvalue weighted by Crippen LogP contribution is -2.29. The molecule has 1 aromatic rings. The van der Waals surface area contributed by atoms with Gasteiger partial charge in [0.1, 0.15) is 0 Å². The lowest BCUT2D eigenvalue weighted by Gasteiger charge is -2.29. The summed E-state index contributed by atoms with van der Waals surface area (Å²) >= 11 is 0. The zero-order valence-electron chi connectivity index (χ0n) is 8.16. The number of anilines is 1. The molecule has 0 bridgehead atoms. The van der Waals surface area contributed by atoms with Crippen LogP contribution in [0.15, 0.2) is 18.5 Å². The normalized spacial score (nSPS) is 17.5. The average molecular weight is 176 g/mol. The summed E-state index contributed by atoms with van der Waals surface area (Å²) in [7, 11) is 0. The first-order valence-corrected chi connectivity index (χ1v) is 5.03. The van der Waals surface area contributed by atoms with Crippen molar-refractivity contribution in [1.29, 1.82) is 0 Å². The smallest absolute Gasteiger partial charge is 0.0582 e. The molecule has 2 rings (SSSR count). The summed E-state index contributed by atoms with van der Waals surface area (Å²) in [6, 6.07) is 2.09. The number of hydrogen-bond acceptors (Lipinski definition) is 2. The molecule has 0 N–H and O–H groups in total. The van der Waals surface area contributed by atoms with Crippen LogP contribution >= 0.6 is 0 Å². The molecule has 0 amide bonds. The molecule has 1 fully saturated rings. The third kappa shape index (κ3) is 1.82. The minimum Gasteiger partial charge on any atom is -0.370 e. The second-order valence-corrected chi connectivity index (χ2v) is 3.71. The number of rotatable bonds is 1. The third-order valence-electron chi connectivity index (χ3n) is 2.71. The van der Waals surface area contributed by atoms with E-state index in [0.29, 0.717) is 0 Å². The van der Waals surface area contributed by atoms with Gasteiger partial charge in [0.05, 0.1) is 11.9 Å². The molecule has 70 valence electrons. The van der Waals surface area contributed by atoms with Crippen molar-refractivity contribution in [3.8, 4) is 0 Å². The largest absolute Gasteiger partial charge is 0.370 e. The number of aromatic nitrogens is 1. The van der Waals surface area contributed by atoms with Crippen molar-refractivity contribution in [1.82, 2.24) is 4.98 Å². The quantitative estimate of drug-likeness (QED) is 0.653. The van der Waals surface area contributed by atoms with Gasteiger partial charge in [-0.05, 0) is 37.8 Å². The van der Waals surface area contributed by atoms with E-state index in [1.165, 1.54) is 43.6 Å². The molecule has 0 aliphatic carbocycles. The summed E-state index contributed by atoms with van der Waals surface area (Å²) in [6.07, 6.45) is 7.89. The fourth-order valence-electron chi connectivity index (χ4n) is 1.92. The third-order valence-corrected chi connectivity index (χ3v) is 2.71. The summed E-state index contributed by atoms with van der Waals surface area (Å²) in [6.45, 7) is 4.56. The highest BCUT2D eigenvalue weighted by atomic mass is 15.1. The second-order valence-electron chi connectivity index (χ2n) is 3.71. The van der Waals surface area contributed by atoms with E-state index in [2.05, 4.69) is 22.9 Å². The zero-order valence-corrected chi connectivity index (χ0v) is 8.16. The minimum atomic E-state index is 1.20. The molecule has 1 aliphatic rings. The number of aryl methyl sites for hydroxylation is 1. The lowest BCUT2D eigenvalue weighted by molar-refractivity contribution is 0.576. The summed E-state index contributed by atoms with van der Waals surface area (Å²) < 4.78 is 0. The highest BCUT2D eigenvalue weighted by Crippen LogP contribution is 2.21. The SMILES string of the molecule is Cc1ccncc1N1CCCCC1. The van der Waals surface area contributed by atoms with Crippen LogP contribution in [-0.2, 0) is 0 Å². The number of hydrogen-bond donors (Lipinski definition) is 0. The van der Waals surface area contributed by atoms with Crippen molar-refractivity contribution in [2.45, 2.75) is 26.2 Å². The van der Waals surface area contributed by atoms with Crippen molar-refractivity contribution in [3.05, 3.63) is 24.0 Å². The van der Waals surface area contributed by atoms with Crippen molar-refractivity contribution >= 4 is 5.69 Å². The molecule has 2 heterocycles. The Morgan fingerprint density at radius 1 is 1.23 bits per heavy atom. The Balaban J connectivity index is 2.18. The van der Waals surface area contributed by atoms with Crippen molar-refractivity contribution in [3.63, 3.8) is 0 Å². The monoisotopic (exact) mass is 176 g/mol. The van der Waals surface area contributed by atoms with E-state index in [4.69, 9.17) is 0 Å². The van der Waals surface area contributed by atoms with Gasteiger partial charge >= 0.3 is 0 Å². The Bertz CT molecular complexity index is 277. The van der Waals surface area contributed by atoms with Crippen LogP contribution in [0.25, 0.3) is 0 Å². The van der Waals surface area contributed by atoms with Crippen LogP contribution < -0.4 is 4.90 Å². The molecule has 0 atom stereocenters. The van der Waals surface area contributed by atoms with Crippen molar-refractivity contribution in [2.75, 3.05) is 18.0 Å². The Hall–Kier alpha value is -1.05. The fraction of sp³-hybridized carbons (Fsp3) is 0.545. The summed E-state index contributed by atoms with van der Waals surface area (Å²) in [5.74, 6) is 0. The van der Waals surface area contributed by atoms with Gasteiger partial charge in [0.25, 0.3) is 0 Å². The minimum absolute atomic E-state index is 1.20. The molecule has 1 saturated heterocycles. The molecule has 1 aromatic heterocycles. The maximum Gasteiger partial charge on any atom is 0.0582 e. The van der Waals surface area contributed by atoms with Crippen LogP contribution in [0.1, 0.15) is 24.8 Å². The van der Waals surface area contributed by atoms with Gasteiger partial charge in [0, 0.05) is 19.3 Å². The van der Waals surface area contributed by atoms with Crippen LogP contribution in [0.5, 0.6) is 0 Å². The molecule has 2 heteroatoms. The van der Waals surface area contributed by atoms with Gasteiger partial charge < -0.3 is 4.90 Å². The first kappa shape index (κ1) is 8.54. The van der Waals surface area contributed by atoms with E-state index in [0.717, 1.165) is 0 Å². The second kappa shape index (κ2) is 3.77. The molecular weight excluding hydrogens is 160 g/mol. The predicted molar refractivity (Wildman–Crippen MR) is 55.0 cm³/mol. The van der Waals surface area contributed by atoms with Crippen LogP contribution in [0.4, 0.5) is 5.69 Å². The lowest BCUT2D eigenvalue weighted by atomic mass is 10.1. The highest BCUT2D eigenvalue weighted by Gasteiger charge is 2.12. The molecule has 0 saturated carbocycles. The predicted octanol–water partition coefficient (Wildman–Crippen LogP) is 2.38. The van der Waals surface area contributed by atoms with E-state index in [9.17, 15) is 0 Å². The van der Waals surface area contributed by atoms with Crippen LogP contribution in [0.3, 0.4) is 0 Å². The standard InChI is InChI=1S/C11H16N2/c1-10-5-6-12-9-11(10)13-7-3-2-4-8-13/h5-6,9H,2-4,7-8H2,1H3. The molecule has 0 unspecified atom stereocenters. The van der Waals surface area contributed by atoms with E-state index in [1.54, 1.807) is 0 Å². The van der Waals surface area contributed by atoms with Gasteiger partial charge in [-0.25, -0.2) is 0 Å². The van der Waals surface area contributed by atoms with Crippen LogP contribution in [-0.4, -0.2) is 18.1 Å². The fourth-order valence-corrected chi connectivity index (χ4v) is 1.92. The number of piperidine rings is 1. The van der Waals surface area contributed by atoms with E-state index in [-0.39, 0.29) is 0 Å². The van der Waals surface area contributed by atoms with Gasteiger partial charge in [-0.1, -0.05) is 0 Å². The molecule has 2 nitrogen and oxygen atoms in total. The molecule has 13 heavy (non-hydrogen) atoms. The summed E-state index contributed by atoms with van der Waals surface area (Å²) in [4.78, 5) is 6.63. The average Bonchev–Trinajstić information content (AvgIpc) is 2.20. The van der Waals surface area contributed by atoms with Gasteiger partial charge in [-0.3, -0.25) is 4.98 Å². The first-order chi connectivity index (χ1) is 6.38. The van der Waals surface area contributed by atoms with Crippen LogP contribution in [0.2, 0.25) is 0 Å². The Morgan fingerprint density at radius 3 is 2.69 bits per heavy atom. The highest BCUT2D eigenvalue weighted by molar-refractivity contribution is 5.51. The summed E-state index contributed by atoms with van der Waals surface area (Å²) in [5.41, 5.74) is 2.67.